The van der Waals surface area contributed by atoms with Gasteiger partial charge in [0.1, 0.15) is 0 Å². The number of sulfone groups is 1. The highest BCUT2D eigenvalue weighted by atomic mass is 32.2. The normalized spacial score (nSPS) is 14.1. The van der Waals surface area contributed by atoms with Crippen molar-refractivity contribution in [2.24, 2.45) is 10.9 Å². The summed E-state index contributed by atoms with van der Waals surface area (Å²) < 4.78 is 34.4. The first kappa shape index (κ1) is 17.4. The van der Waals surface area contributed by atoms with E-state index in [-0.39, 0.29) is 29.2 Å². The van der Waals surface area contributed by atoms with Gasteiger partial charge in [-0.3, -0.25) is 0 Å². The highest BCUT2D eigenvalue weighted by Gasteiger charge is 2.15. The predicted octanol–water partition coefficient (Wildman–Crippen LogP) is 0.606. The van der Waals surface area contributed by atoms with Crippen molar-refractivity contribution < 1.29 is 23.1 Å². The zero-order chi connectivity index (χ0) is 15.9. The van der Waals surface area contributed by atoms with Crippen molar-refractivity contribution >= 4 is 15.7 Å². The van der Waals surface area contributed by atoms with Crippen LogP contribution in [-0.4, -0.2) is 51.6 Å². The van der Waals surface area contributed by atoms with Crippen LogP contribution in [0.15, 0.2) is 34.3 Å². The monoisotopic (exact) mass is 316 g/mol. The van der Waals surface area contributed by atoms with Gasteiger partial charge >= 0.3 is 0 Å². The van der Waals surface area contributed by atoms with Crippen molar-refractivity contribution in [1.29, 1.82) is 0 Å². The lowest BCUT2D eigenvalue weighted by atomic mass is 10.2. The molecule has 8 heteroatoms. The minimum absolute atomic E-state index is 0.0735. The molecule has 0 heterocycles. The number of rotatable bonds is 8. The van der Waals surface area contributed by atoms with Crippen molar-refractivity contribution in [2.75, 3.05) is 26.1 Å². The van der Waals surface area contributed by atoms with Gasteiger partial charge in [-0.1, -0.05) is 5.16 Å². The van der Waals surface area contributed by atoms with Crippen LogP contribution in [0.2, 0.25) is 0 Å². The van der Waals surface area contributed by atoms with E-state index < -0.39 is 9.84 Å². The Morgan fingerprint density at radius 2 is 2.00 bits per heavy atom. The Kier molecular flexibility index (Phi) is 6.60. The van der Waals surface area contributed by atoms with Crippen molar-refractivity contribution in [2.45, 2.75) is 17.9 Å². The number of nitrogens with zero attached hydrogens (tertiary/aromatic N) is 1. The van der Waals surface area contributed by atoms with E-state index in [1.54, 1.807) is 7.11 Å². The van der Waals surface area contributed by atoms with E-state index in [4.69, 9.17) is 20.4 Å². The van der Waals surface area contributed by atoms with E-state index in [2.05, 4.69) is 5.16 Å². The zero-order valence-electron chi connectivity index (χ0n) is 12.0. The quantitative estimate of drug-likeness (QED) is 0.314. The van der Waals surface area contributed by atoms with Crippen LogP contribution in [0.1, 0.15) is 12.5 Å². The second kappa shape index (κ2) is 7.96. The summed E-state index contributed by atoms with van der Waals surface area (Å²) >= 11 is 0. The third kappa shape index (κ3) is 5.33. The van der Waals surface area contributed by atoms with E-state index in [0.29, 0.717) is 12.2 Å². The molecule has 0 saturated carbocycles. The van der Waals surface area contributed by atoms with E-state index in [1.807, 2.05) is 6.92 Å². The van der Waals surface area contributed by atoms with Crippen LogP contribution in [0.5, 0.6) is 0 Å². The number of oxime groups is 1. The number of amidine groups is 1. The molecular formula is C13H20N2O5S. The molecule has 118 valence electrons. The zero-order valence-corrected chi connectivity index (χ0v) is 12.8. The van der Waals surface area contributed by atoms with Gasteiger partial charge in [0.15, 0.2) is 15.7 Å². The Labute approximate surface area is 124 Å². The van der Waals surface area contributed by atoms with Crippen LogP contribution in [0.3, 0.4) is 0 Å². The third-order valence-electron chi connectivity index (χ3n) is 2.77. The molecular weight excluding hydrogens is 296 g/mol. The molecule has 0 amide bonds. The van der Waals surface area contributed by atoms with Crippen LogP contribution in [0.4, 0.5) is 0 Å². The van der Waals surface area contributed by atoms with Crippen LogP contribution in [-0.2, 0) is 19.3 Å². The van der Waals surface area contributed by atoms with Crippen LogP contribution >= 0.6 is 0 Å². The fraction of sp³-hybridized carbons (Fsp3) is 0.462. The van der Waals surface area contributed by atoms with Crippen molar-refractivity contribution in [3.63, 3.8) is 0 Å². The highest BCUT2D eigenvalue weighted by molar-refractivity contribution is 7.91. The molecule has 0 bridgehead atoms. The smallest absolute Gasteiger partial charge is 0.180 e. The van der Waals surface area contributed by atoms with Gasteiger partial charge in [0.05, 0.1) is 30.0 Å². The second-order valence-electron chi connectivity index (χ2n) is 4.47. The maximum Gasteiger partial charge on any atom is 0.180 e. The largest absolute Gasteiger partial charge is 0.409 e. The molecule has 21 heavy (non-hydrogen) atoms. The number of ether oxygens (including phenoxy) is 2. The number of nitrogens with two attached hydrogens (primary N) is 1. The molecule has 1 unspecified atom stereocenters. The van der Waals surface area contributed by atoms with E-state index in [0.717, 1.165) is 0 Å². The average molecular weight is 316 g/mol. The van der Waals surface area contributed by atoms with Gasteiger partial charge in [-0.2, -0.15) is 0 Å². The SMILES string of the molecule is COCC(C)OCCS(=O)(=O)c1ccc(/C(N)=N/O)cc1. The summed E-state index contributed by atoms with van der Waals surface area (Å²) in [5.74, 6) is -0.195. The van der Waals surface area contributed by atoms with Crippen LogP contribution < -0.4 is 5.73 Å². The Morgan fingerprint density at radius 1 is 1.38 bits per heavy atom. The molecule has 7 nitrogen and oxygen atoms in total. The molecule has 0 aliphatic heterocycles. The molecule has 3 N–H and O–H groups in total. The Morgan fingerprint density at radius 3 is 2.52 bits per heavy atom. The van der Waals surface area contributed by atoms with Crippen molar-refractivity contribution in [3.05, 3.63) is 29.8 Å². The van der Waals surface area contributed by atoms with Crippen LogP contribution in [0, 0.1) is 0 Å². The van der Waals surface area contributed by atoms with Gasteiger partial charge in [0, 0.05) is 12.7 Å². The highest BCUT2D eigenvalue weighted by Crippen LogP contribution is 2.12. The first-order chi connectivity index (χ1) is 9.90. The molecule has 1 aromatic carbocycles. The van der Waals surface area contributed by atoms with E-state index >= 15 is 0 Å². The fourth-order valence-electron chi connectivity index (χ4n) is 1.65. The second-order valence-corrected chi connectivity index (χ2v) is 6.57. The molecule has 0 saturated heterocycles. The number of methoxy groups -OCH3 is 1. The van der Waals surface area contributed by atoms with Gasteiger partial charge in [-0.05, 0) is 31.2 Å². The maximum absolute atomic E-state index is 12.1. The van der Waals surface area contributed by atoms with Gasteiger partial charge in [0.2, 0.25) is 0 Å². The molecule has 0 aliphatic rings. The molecule has 1 aromatic rings. The Bertz CT molecular complexity index is 569. The molecule has 0 aliphatic carbocycles. The maximum atomic E-state index is 12.1. The first-order valence-electron chi connectivity index (χ1n) is 6.32. The van der Waals surface area contributed by atoms with Gasteiger partial charge in [-0.25, -0.2) is 8.42 Å². The summed E-state index contributed by atoms with van der Waals surface area (Å²) in [6.07, 6.45) is -0.159. The van der Waals surface area contributed by atoms with Crippen molar-refractivity contribution in [3.8, 4) is 0 Å². The lowest BCUT2D eigenvalue weighted by Crippen LogP contribution is -2.20. The first-order valence-corrected chi connectivity index (χ1v) is 7.97. The molecule has 0 aromatic heterocycles. The van der Waals surface area contributed by atoms with Crippen molar-refractivity contribution in [1.82, 2.24) is 0 Å². The fourth-order valence-corrected chi connectivity index (χ4v) is 2.75. The van der Waals surface area contributed by atoms with Crippen LogP contribution in [0.25, 0.3) is 0 Å². The topological polar surface area (TPSA) is 111 Å². The van der Waals surface area contributed by atoms with Gasteiger partial charge in [0.25, 0.3) is 0 Å². The molecule has 1 atom stereocenters. The lowest BCUT2D eigenvalue weighted by Gasteiger charge is -2.12. The minimum Gasteiger partial charge on any atom is -0.409 e. The van der Waals surface area contributed by atoms with Gasteiger partial charge < -0.3 is 20.4 Å². The predicted molar refractivity (Wildman–Crippen MR) is 78.3 cm³/mol. The molecule has 0 fully saturated rings. The van der Waals surface area contributed by atoms with Gasteiger partial charge in [-0.15, -0.1) is 0 Å². The lowest BCUT2D eigenvalue weighted by molar-refractivity contribution is 0.0163. The summed E-state index contributed by atoms with van der Waals surface area (Å²) in [5.41, 5.74) is 5.86. The average Bonchev–Trinajstić information content (AvgIpc) is 2.46. The molecule has 0 radical (unpaired) electrons. The number of hydrogen-bond acceptors (Lipinski definition) is 6. The van der Waals surface area contributed by atoms with E-state index in [9.17, 15) is 8.42 Å². The third-order valence-corrected chi connectivity index (χ3v) is 4.47. The number of benzene rings is 1. The summed E-state index contributed by atoms with van der Waals surface area (Å²) in [6, 6.07) is 5.80. The Balaban J connectivity index is 2.66. The summed E-state index contributed by atoms with van der Waals surface area (Å²) in [5, 5.41) is 11.4. The summed E-state index contributed by atoms with van der Waals surface area (Å²) in [4.78, 5) is 0.167. The number of hydrogen-bond donors (Lipinski definition) is 2. The molecule has 1 rings (SSSR count). The van der Waals surface area contributed by atoms with E-state index in [1.165, 1.54) is 24.3 Å². The summed E-state index contributed by atoms with van der Waals surface area (Å²) in [6.45, 7) is 2.31. The summed E-state index contributed by atoms with van der Waals surface area (Å²) in [7, 11) is -1.87. The minimum atomic E-state index is -3.43. The molecule has 0 spiro atoms. The Hall–Kier alpha value is -1.64. The standard InChI is InChI=1S/C13H20N2O5S/c1-10(9-19-2)20-7-8-21(17,18)12-5-3-11(4-6-12)13(14)15-16/h3-6,10,16H,7-9H2,1-2H3,(H2,14,15).